The molecule has 0 atom stereocenters. The topological polar surface area (TPSA) is 55.4 Å². The van der Waals surface area contributed by atoms with E-state index in [0.717, 1.165) is 76.1 Å². The summed E-state index contributed by atoms with van der Waals surface area (Å²) in [6, 6.07) is 17.6. The first-order valence-electron chi connectivity index (χ1n) is 38.6. The first-order chi connectivity index (χ1) is 42.8. The molecule has 2 aliphatic rings. The molecule has 0 saturated heterocycles. The van der Waals surface area contributed by atoms with E-state index in [0.29, 0.717) is 11.8 Å². The molecule has 0 bridgehead atoms. The Morgan fingerprint density at radius 2 is 0.540 bits per heavy atom. The fourth-order valence-electron chi connectivity index (χ4n) is 14.0. The zero-order valence-electron chi connectivity index (χ0n) is 58.4. The summed E-state index contributed by atoms with van der Waals surface area (Å²) < 4.78 is 40.1. The minimum atomic E-state index is -1.63. The SMILES string of the molecule is CCCCCCCCCCCCCOP(OCCCCCCCCCCCCC)OC1CCC(C(C)(C)C2CCC(OP(Oc3ccc(CCCCCCCCCCCCC)cc3)Oc3ccc(CCCCCCCCCCCCC)cc3)CC2)CC1. The molecule has 2 aliphatic carbocycles. The monoisotopic (exact) mass is 1250 g/mol. The van der Waals surface area contributed by atoms with Crippen LogP contribution in [0.5, 0.6) is 11.5 Å². The average molecular weight is 1250 g/mol. The van der Waals surface area contributed by atoms with Crippen LogP contribution in [0.1, 0.15) is 387 Å². The van der Waals surface area contributed by atoms with Gasteiger partial charge in [-0.25, -0.2) is 0 Å². The van der Waals surface area contributed by atoms with Crippen molar-refractivity contribution in [3.05, 3.63) is 59.7 Å². The van der Waals surface area contributed by atoms with Gasteiger partial charge in [0.05, 0.1) is 25.4 Å². The molecule has 0 radical (unpaired) electrons. The quantitative estimate of drug-likeness (QED) is 0.0486. The van der Waals surface area contributed by atoms with Crippen molar-refractivity contribution in [3.8, 4) is 11.5 Å². The Morgan fingerprint density at radius 3 is 0.816 bits per heavy atom. The van der Waals surface area contributed by atoms with E-state index in [-0.39, 0.29) is 17.6 Å². The maximum atomic E-state index is 6.94. The average Bonchev–Trinajstić information content (AvgIpc) is 3.33. The van der Waals surface area contributed by atoms with E-state index in [1.54, 1.807) is 0 Å². The molecule has 2 aromatic rings. The lowest BCUT2D eigenvalue weighted by molar-refractivity contribution is 0.00530. The Balaban J connectivity index is 1.23. The highest BCUT2D eigenvalue weighted by Crippen LogP contribution is 2.53. The van der Waals surface area contributed by atoms with Gasteiger partial charge in [0.2, 0.25) is 0 Å². The minimum Gasteiger partial charge on any atom is -0.418 e. The van der Waals surface area contributed by atoms with Gasteiger partial charge in [-0.2, -0.15) is 0 Å². The van der Waals surface area contributed by atoms with Gasteiger partial charge in [-0.3, -0.25) is 4.52 Å². The molecular weight excluding hydrogens is 1110 g/mol. The fourth-order valence-corrected chi connectivity index (χ4v) is 16.3. The Labute approximate surface area is 543 Å². The maximum absolute atomic E-state index is 6.94. The van der Waals surface area contributed by atoms with Gasteiger partial charge in [0, 0.05) is 0 Å². The third-order valence-electron chi connectivity index (χ3n) is 20.2. The van der Waals surface area contributed by atoms with Gasteiger partial charge in [-0.15, -0.1) is 0 Å². The largest absolute Gasteiger partial charge is 0.463 e. The smallest absolute Gasteiger partial charge is 0.418 e. The van der Waals surface area contributed by atoms with Crippen molar-refractivity contribution in [1.82, 2.24) is 0 Å². The van der Waals surface area contributed by atoms with Crippen molar-refractivity contribution in [3.63, 3.8) is 0 Å². The Hall–Kier alpha value is -1.26. The summed E-state index contributed by atoms with van der Waals surface area (Å²) in [6.45, 7) is 15.9. The second-order valence-corrected chi connectivity index (χ2v) is 30.4. The molecule has 0 heterocycles. The van der Waals surface area contributed by atoms with Crippen molar-refractivity contribution in [2.75, 3.05) is 13.2 Å². The van der Waals surface area contributed by atoms with Crippen LogP contribution in [-0.4, -0.2) is 25.4 Å². The third kappa shape index (κ3) is 39.8. The predicted molar refractivity (Wildman–Crippen MR) is 381 cm³/mol. The van der Waals surface area contributed by atoms with Crippen LogP contribution in [0.2, 0.25) is 0 Å². The molecule has 8 heteroatoms. The van der Waals surface area contributed by atoms with Crippen LogP contribution in [0.3, 0.4) is 0 Å². The summed E-state index contributed by atoms with van der Waals surface area (Å²) in [6.07, 6.45) is 71.6. The highest BCUT2D eigenvalue weighted by atomic mass is 31.2. The van der Waals surface area contributed by atoms with Gasteiger partial charge >= 0.3 is 17.2 Å². The first-order valence-corrected chi connectivity index (χ1v) is 40.8. The molecular formula is C79H142O6P2. The second kappa shape index (κ2) is 54.2. The Morgan fingerprint density at radius 1 is 0.299 bits per heavy atom. The van der Waals surface area contributed by atoms with Crippen LogP contribution >= 0.6 is 17.2 Å². The molecule has 87 heavy (non-hydrogen) atoms. The zero-order chi connectivity index (χ0) is 61.8. The Bertz CT molecular complexity index is 1680. The molecule has 2 aromatic carbocycles. The van der Waals surface area contributed by atoms with E-state index < -0.39 is 17.2 Å². The van der Waals surface area contributed by atoms with Crippen molar-refractivity contribution in [2.24, 2.45) is 17.3 Å². The van der Waals surface area contributed by atoms with Crippen molar-refractivity contribution in [1.29, 1.82) is 0 Å². The van der Waals surface area contributed by atoms with Crippen LogP contribution < -0.4 is 9.05 Å². The lowest BCUT2D eigenvalue weighted by Crippen LogP contribution is -2.38. The number of hydrogen-bond acceptors (Lipinski definition) is 6. The normalized spacial score (nSPS) is 17.5. The number of unbranched alkanes of at least 4 members (excludes halogenated alkanes) is 40. The van der Waals surface area contributed by atoms with Gasteiger partial charge in [0.25, 0.3) is 0 Å². The van der Waals surface area contributed by atoms with Crippen molar-refractivity contribution in [2.45, 2.75) is 400 Å². The predicted octanol–water partition coefficient (Wildman–Crippen LogP) is 28.1. The molecule has 504 valence electrons. The number of hydrogen-bond donors (Lipinski definition) is 0. The number of aryl methyl sites for hydroxylation is 2. The van der Waals surface area contributed by atoms with Crippen molar-refractivity contribution >= 4 is 17.2 Å². The summed E-state index contributed by atoms with van der Waals surface area (Å²) in [5.74, 6) is 3.05. The van der Waals surface area contributed by atoms with Crippen LogP contribution in [0.15, 0.2) is 48.5 Å². The molecule has 0 amide bonds. The van der Waals surface area contributed by atoms with Gasteiger partial charge in [-0.1, -0.05) is 323 Å². The van der Waals surface area contributed by atoms with Crippen molar-refractivity contribution < 1.29 is 27.1 Å². The molecule has 2 fully saturated rings. The standard InChI is InChI=1S/C79H142O6P2/c1-7-11-15-19-23-27-31-35-39-43-47-51-71-53-61-75(62-54-71)83-87(84-76-63-55-72(56-64-76)52-48-44-40-36-32-28-24-20-16-12-8-2)85-78-67-59-74(60-68-78)79(5,6)73-57-65-77(66-58-73)82-86(80-69-49-45-41-37-33-29-25-21-17-13-9-3)81-70-50-46-42-38-34-30-26-22-18-14-10-4/h53-56,61-64,73-74,77-78H,7-52,57-60,65-70H2,1-6H3. The molecule has 2 saturated carbocycles. The molecule has 0 aromatic heterocycles. The highest BCUT2D eigenvalue weighted by Gasteiger charge is 2.42. The molecule has 6 nitrogen and oxygen atoms in total. The Kier molecular flexibility index (Phi) is 48.7. The maximum Gasteiger partial charge on any atom is 0.463 e. The summed E-state index contributed by atoms with van der Waals surface area (Å²) in [7, 11) is -2.94. The third-order valence-corrected chi connectivity index (χ3v) is 22.6. The van der Waals surface area contributed by atoms with E-state index in [2.05, 4.69) is 90.1 Å². The number of benzene rings is 2. The minimum absolute atomic E-state index is 0.127. The van der Waals surface area contributed by atoms with E-state index in [1.807, 2.05) is 0 Å². The van der Waals surface area contributed by atoms with Gasteiger partial charge in [-0.05, 0) is 143 Å². The molecule has 0 unspecified atom stereocenters. The molecule has 4 rings (SSSR count). The van der Waals surface area contributed by atoms with Crippen LogP contribution in [-0.2, 0) is 30.9 Å². The van der Waals surface area contributed by atoms with Gasteiger partial charge in [0.1, 0.15) is 11.5 Å². The first kappa shape index (κ1) is 78.2. The lowest BCUT2D eigenvalue weighted by Gasteiger charge is -2.46. The van der Waals surface area contributed by atoms with Gasteiger partial charge < -0.3 is 22.6 Å². The van der Waals surface area contributed by atoms with E-state index >= 15 is 0 Å². The summed E-state index contributed by atoms with van der Waals surface area (Å²) >= 11 is 0. The van der Waals surface area contributed by atoms with E-state index in [1.165, 1.54) is 306 Å². The molecule has 0 aliphatic heterocycles. The fraction of sp³-hybridized carbons (Fsp3) is 0.848. The number of rotatable bonds is 60. The van der Waals surface area contributed by atoms with E-state index in [4.69, 9.17) is 27.1 Å². The summed E-state index contributed by atoms with van der Waals surface area (Å²) in [5.41, 5.74) is 3.05. The summed E-state index contributed by atoms with van der Waals surface area (Å²) in [5, 5.41) is 0. The second-order valence-electron chi connectivity index (χ2n) is 28.2. The highest BCUT2D eigenvalue weighted by molar-refractivity contribution is 7.42. The summed E-state index contributed by atoms with van der Waals surface area (Å²) in [4.78, 5) is 0. The molecule has 0 N–H and O–H groups in total. The van der Waals surface area contributed by atoms with Crippen LogP contribution in [0.4, 0.5) is 0 Å². The van der Waals surface area contributed by atoms with Crippen LogP contribution in [0, 0.1) is 17.3 Å². The lowest BCUT2D eigenvalue weighted by atomic mass is 9.60. The van der Waals surface area contributed by atoms with Gasteiger partial charge in [0.15, 0.2) is 0 Å². The molecule has 0 spiro atoms. The zero-order valence-corrected chi connectivity index (χ0v) is 60.2. The van der Waals surface area contributed by atoms with E-state index in [9.17, 15) is 0 Å². The van der Waals surface area contributed by atoms with Crippen LogP contribution in [0.25, 0.3) is 0 Å².